The number of amides is 1. The molecule has 0 unspecified atom stereocenters. The zero-order valence-corrected chi connectivity index (χ0v) is 15.1. The highest BCUT2D eigenvalue weighted by Gasteiger charge is 2.19. The fraction of sp³-hybridized carbons (Fsp3) is 0.222. The van der Waals surface area contributed by atoms with Gasteiger partial charge in [-0.25, -0.2) is 0 Å². The van der Waals surface area contributed by atoms with Crippen LogP contribution in [-0.4, -0.2) is 15.7 Å². The summed E-state index contributed by atoms with van der Waals surface area (Å²) in [7, 11) is 0. The molecule has 2 aromatic heterocycles. The molecule has 0 radical (unpaired) electrons. The van der Waals surface area contributed by atoms with Gasteiger partial charge in [0.25, 0.3) is 5.91 Å². The van der Waals surface area contributed by atoms with Gasteiger partial charge >= 0.3 is 0 Å². The number of halogens is 1. The minimum atomic E-state index is -0.0937. The third-order valence-corrected chi connectivity index (χ3v) is 5.13. The van der Waals surface area contributed by atoms with Gasteiger partial charge in [-0.15, -0.1) is 11.3 Å². The van der Waals surface area contributed by atoms with E-state index in [9.17, 15) is 4.79 Å². The average molecular weight is 360 g/mol. The predicted molar refractivity (Wildman–Crippen MR) is 97.7 cm³/mol. The van der Waals surface area contributed by atoms with Gasteiger partial charge in [-0.3, -0.25) is 9.48 Å². The van der Waals surface area contributed by atoms with Gasteiger partial charge in [0.15, 0.2) is 0 Å². The molecule has 24 heavy (non-hydrogen) atoms. The maximum atomic E-state index is 12.5. The van der Waals surface area contributed by atoms with E-state index in [0.717, 1.165) is 21.8 Å². The summed E-state index contributed by atoms with van der Waals surface area (Å²) in [5, 5.41) is 10.2. The highest BCUT2D eigenvalue weighted by atomic mass is 35.5. The Bertz CT molecular complexity index is 855. The molecule has 1 aromatic carbocycles. The normalized spacial score (nSPS) is 10.8. The summed E-state index contributed by atoms with van der Waals surface area (Å²) in [6.07, 6.45) is 0. The first-order valence-electron chi connectivity index (χ1n) is 7.64. The largest absolute Gasteiger partial charge is 0.347 e. The minimum absolute atomic E-state index is 0.0937. The Kier molecular flexibility index (Phi) is 5.02. The lowest BCUT2D eigenvalue weighted by molar-refractivity contribution is 0.0950. The van der Waals surface area contributed by atoms with E-state index >= 15 is 0 Å². The Morgan fingerprint density at radius 2 is 2.04 bits per heavy atom. The van der Waals surface area contributed by atoms with Crippen LogP contribution in [0.4, 0.5) is 0 Å². The van der Waals surface area contributed by atoms with E-state index in [2.05, 4.69) is 10.4 Å². The first-order chi connectivity index (χ1) is 11.6. The van der Waals surface area contributed by atoms with E-state index in [1.165, 1.54) is 0 Å². The van der Waals surface area contributed by atoms with Gasteiger partial charge in [-0.1, -0.05) is 35.9 Å². The molecule has 0 saturated heterocycles. The van der Waals surface area contributed by atoms with Crippen LogP contribution in [0.5, 0.6) is 0 Å². The van der Waals surface area contributed by atoms with Crippen molar-refractivity contribution in [3.8, 4) is 0 Å². The molecule has 6 heteroatoms. The summed E-state index contributed by atoms with van der Waals surface area (Å²) >= 11 is 7.85. The van der Waals surface area contributed by atoms with E-state index in [-0.39, 0.29) is 5.91 Å². The van der Waals surface area contributed by atoms with Crippen LogP contribution < -0.4 is 5.32 Å². The van der Waals surface area contributed by atoms with Crippen LogP contribution in [0.15, 0.2) is 41.8 Å². The Hall–Kier alpha value is -2.11. The van der Waals surface area contributed by atoms with Crippen molar-refractivity contribution >= 4 is 28.8 Å². The first kappa shape index (κ1) is 16.7. The summed E-state index contributed by atoms with van der Waals surface area (Å²) < 4.78 is 1.83. The maximum Gasteiger partial charge on any atom is 0.255 e. The van der Waals surface area contributed by atoms with Gasteiger partial charge in [0.05, 0.1) is 24.3 Å². The second kappa shape index (κ2) is 7.20. The molecular formula is C18H18ClN3OS. The lowest BCUT2D eigenvalue weighted by Gasteiger charge is -2.07. The molecule has 0 spiro atoms. The molecule has 0 atom stereocenters. The standard InChI is InChI=1S/C18H18ClN3OS/c1-12-17(18(23)20-10-15-7-5-9-24-15)13(2)22(21-12)11-14-6-3-4-8-16(14)19/h3-9H,10-11H2,1-2H3,(H,20,23). The number of benzene rings is 1. The molecular weight excluding hydrogens is 342 g/mol. The van der Waals surface area contributed by atoms with Gasteiger partial charge in [0, 0.05) is 15.6 Å². The Morgan fingerprint density at radius 3 is 2.75 bits per heavy atom. The lowest BCUT2D eigenvalue weighted by atomic mass is 10.1. The second-order valence-electron chi connectivity index (χ2n) is 5.56. The number of rotatable bonds is 5. The summed E-state index contributed by atoms with van der Waals surface area (Å²) in [5.41, 5.74) is 3.19. The Balaban J connectivity index is 1.78. The molecule has 0 aliphatic carbocycles. The first-order valence-corrected chi connectivity index (χ1v) is 8.90. The molecule has 4 nitrogen and oxygen atoms in total. The highest BCUT2D eigenvalue weighted by molar-refractivity contribution is 7.09. The van der Waals surface area contributed by atoms with E-state index < -0.39 is 0 Å². The molecule has 1 N–H and O–H groups in total. The third-order valence-electron chi connectivity index (χ3n) is 3.89. The van der Waals surface area contributed by atoms with Crippen LogP contribution in [0, 0.1) is 13.8 Å². The smallest absolute Gasteiger partial charge is 0.255 e. The number of aromatic nitrogens is 2. The van der Waals surface area contributed by atoms with Crippen LogP contribution in [0.2, 0.25) is 5.02 Å². The van der Waals surface area contributed by atoms with Crippen LogP contribution in [0.1, 0.15) is 32.2 Å². The van der Waals surface area contributed by atoms with Gasteiger partial charge in [-0.05, 0) is 36.9 Å². The van der Waals surface area contributed by atoms with Crippen LogP contribution in [0.3, 0.4) is 0 Å². The monoisotopic (exact) mass is 359 g/mol. The zero-order valence-electron chi connectivity index (χ0n) is 13.5. The fourth-order valence-electron chi connectivity index (χ4n) is 2.64. The molecule has 3 rings (SSSR count). The van der Waals surface area contributed by atoms with Crippen LogP contribution >= 0.6 is 22.9 Å². The molecule has 0 aliphatic heterocycles. The number of hydrogen-bond donors (Lipinski definition) is 1. The Labute approximate surface area is 150 Å². The van der Waals surface area contributed by atoms with E-state index in [0.29, 0.717) is 23.7 Å². The quantitative estimate of drug-likeness (QED) is 0.742. The van der Waals surface area contributed by atoms with Crippen molar-refractivity contribution < 1.29 is 4.79 Å². The van der Waals surface area contributed by atoms with Crippen molar-refractivity contribution in [3.05, 3.63) is 74.2 Å². The van der Waals surface area contributed by atoms with Gasteiger partial charge in [0.1, 0.15) is 0 Å². The molecule has 3 aromatic rings. The van der Waals surface area contributed by atoms with Crippen molar-refractivity contribution in [1.82, 2.24) is 15.1 Å². The lowest BCUT2D eigenvalue weighted by Crippen LogP contribution is -2.23. The SMILES string of the molecule is Cc1nn(Cc2ccccc2Cl)c(C)c1C(=O)NCc1cccs1. The second-order valence-corrected chi connectivity index (χ2v) is 7.00. The van der Waals surface area contributed by atoms with Crippen molar-refractivity contribution in [2.75, 3.05) is 0 Å². The topological polar surface area (TPSA) is 46.9 Å². The summed E-state index contributed by atoms with van der Waals surface area (Å²) in [6, 6.07) is 11.7. The van der Waals surface area contributed by atoms with Crippen molar-refractivity contribution in [2.45, 2.75) is 26.9 Å². The van der Waals surface area contributed by atoms with Crippen LogP contribution in [0.25, 0.3) is 0 Å². The van der Waals surface area contributed by atoms with E-state index in [1.807, 2.05) is 60.3 Å². The number of nitrogens with zero attached hydrogens (tertiary/aromatic N) is 2. The van der Waals surface area contributed by atoms with E-state index in [1.54, 1.807) is 11.3 Å². The highest BCUT2D eigenvalue weighted by Crippen LogP contribution is 2.19. The van der Waals surface area contributed by atoms with E-state index in [4.69, 9.17) is 11.6 Å². The fourth-order valence-corrected chi connectivity index (χ4v) is 3.48. The summed E-state index contributed by atoms with van der Waals surface area (Å²) in [6.45, 7) is 4.85. The molecule has 1 amide bonds. The molecule has 0 fully saturated rings. The molecule has 2 heterocycles. The molecule has 0 bridgehead atoms. The van der Waals surface area contributed by atoms with Gasteiger partial charge in [0.2, 0.25) is 0 Å². The summed E-state index contributed by atoms with van der Waals surface area (Å²) in [4.78, 5) is 13.7. The maximum absolute atomic E-state index is 12.5. The number of aryl methyl sites for hydroxylation is 1. The van der Waals surface area contributed by atoms with Gasteiger partial charge < -0.3 is 5.32 Å². The van der Waals surface area contributed by atoms with Crippen molar-refractivity contribution in [1.29, 1.82) is 0 Å². The van der Waals surface area contributed by atoms with Crippen molar-refractivity contribution in [2.24, 2.45) is 0 Å². The number of carbonyl (C=O) groups excluding carboxylic acids is 1. The molecule has 0 aliphatic rings. The van der Waals surface area contributed by atoms with Gasteiger partial charge in [-0.2, -0.15) is 5.10 Å². The zero-order chi connectivity index (χ0) is 17.1. The number of hydrogen-bond acceptors (Lipinski definition) is 3. The summed E-state index contributed by atoms with van der Waals surface area (Å²) in [5.74, 6) is -0.0937. The Morgan fingerprint density at radius 1 is 1.25 bits per heavy atom. The number of thiophene rings is 1. The third kappa shape index (κ3) is 3.52. The average Bonchev–Trinajstić information content (AvgIpc) is 3.16. The van der Waals surface area contributed by atoms with Crippen molar-refractivity contribution in [3.63, 3.8) is 0 Å². The predicted octanol–water partition coefficient (Wildman–Crippen LogP) is 4.19. The molecule has 124 valence electrons. The minimum Gasteiger partial charge on any atom is -0.347 e. The number of carbonyl (C=O) groups is 1. The molecule has 0 saturated carbocycles. The van der Waals surface area contributed by atoms with Crippen LogP contribution in [-0.2, 0) is 13.1 Å². The number of nitrogens with one attached hydrogen (secondary N) is 1.